The predicted molar refractivity (Wildman–Crippen MR) is 120 cm³/mol. The zero-order valence-electron chi connectivity index (χ0n) is 18.1. The number of nitrogens with two attached hydrogens (primary N) is 1. The van der Waals surface area contributed by atoms with Gasteiger partial charge in [-0.2, -0.15) is 13.2 Å². The zero-order chi connectivity index (χ0) is 25.0. The summed E-state index contributed by atoms with van der Waals surface area (Å²) in [6.45, 7) is 0. The number of rotatable bonds is 8. The van der Waals surface area contributed by atoms with Crippen LogP contribution < -0.4 is 10.5 Å². The second-order valence-electron chi connectivity index (χ2n) is 7.73. The molecule has 4 aromatic rings. The lowest BCUT2D eigenvalue weighted by molar-refractivity contribution is -0.198. The Balaban J connectivity index is 1.61. The lowest BCUT2D eigenvalue weighted by atomic mass is 9.97. The van der Waals surface area contributed by atoms with Gasteiger partial charge >= 0.3 is 12.1 Å². The molecule has 3 N–H and O–H groups in total. The number of benzene rings is 2. The molecule has 2 aromatic carbocycles. The van der Waals surface area contributed by atoms with Crippen LogP contribution in [-0.4, -0.2) is 33.3 Å². The van der Waals surface area contributed by atoms with E-state index >= 15 is 0 Å². The Hall–Kier alpha value is -4.18. The summed E-state index contributed by atoms with van der Waals surface area (Å²) in [6, 6.07) is 14.6. The van der Waals surface area contributed by atoms with Gasteiger partial charge in [-0.1, -0.05) is 48.5 Å². The van der Waals surface area contributed by atoms with Crippen LogP contribution in [0.15, 0.2) is 83.9 Å². The van der Waals surface area contributed by atoms with Crippen molar-refractivity contribution in [2.45, 2.75) is 24.7 Å². The molecular weight excluding hydrogens is 463 g/mol. The summed E-state index contributed by atoms with van der Waals surface area (Å²) in [5.41, 5.74) is 7.92. The smallest absolute Gasteiger partial charge is 0.429 e. The maximum Gasteiger partial charge on any atom is 0.429 e. The molecule has 4 rings (SSSR count). The summed E-state index contributed by atoms with van der Waals surface area (Å²) in [4.78, 5) is 18.9. The van der Waals surface area contributed by atoms with Crippen LogP contribution in [0.3, 0.4) is 0 Å². The highest BCUT2D eigenvalue weighted by Crippen LogP contribution is 2.41. The average Bonchev–Trinajstić information content (AvgIpc) is 3.37. The van der Waals surface area contributed by atoms with Crippen molar-refractivity contribution in [2.75, 3.05) is 0 Å². The molecule has 7 nitrogen and oxygen atoms in total. The highest BCUT2D eigenvalue weighted by molar-refractivity contribution is 5.73. The number of carboxylic acids is 1. The minimum Gasteiger partial charge on any atom is -0.480 e. The number of halogens is 3. The van der Waals surface area contributed by atoms with Gasteiger partial charge in [-0.25, -0.2) is 9.97 Å². The van der Waals surface area contributed by atoms with Crippen molar-refractivity contribution in [2.24, 2.45) is 5.73 Å². The summed E-state index contributed by atoms with van der Waals surface area (Å²) < 4.78 is 52.7. The van der Waals surface area contributed by atoms with E-state index in [0.717, 1.165) is 6.33 Å². The quantitative estimate of drug-likeness (QED) is 0.361. The van der Waals surface area contributed by atoms with Gasteiger partial charge in [0.2, 0.25) is 12.0 Å². The number of carbonyl (C=O) groups is 1. The van der Waals surface area contributed by atoms with E-state index in [9.17, 15) is 18.0 Å². The Morgan fingerprint density at radius 3 is 2.46 bits per heavy atom. The third-order valence-corrected chi connectivity index (χ3v) is 5.28. The molecule has 0 saturated heterocycles. The van der Waals surface area contributed by atoms with Crippen molar-refractivity contribution >= 4 is 5.97 Å². The number of hydrogen-bond donors (Lipinski definition) is 2. The number of hydrogen-bond acceptors (Lipinski definition) is 6. The fourth-order valence-electron chi connectivity index (χ4n) is 3.55. The summed E-state index contributed by atoms with van der Waals surface area (Å²) in [6.07, 6.45) is -3.01. The van der Waals surface area contributed by atoms with Crippen LogP contribution in [0.2, 0.25) is 0 Å². The van der Waals surface area contributed by atoms with E-state index in [1.807, 2.05) is 0 Å². The van der Waals surface area contributed by atoms with E-state index in [4.69, 9.17) is 20.0 Å². The normalized spacial score (nSPS) is 13.3. The van der Waals surface area contributed by atoms with E-state index in [0.29, 0.717) is 27.9 Å². The molecule has 2 atom stereocenters. The molecule has 2 aromatic heterocycles. The van der Waals surface area contributed by atoms with Crippen molar-refractivity contribution in [3.8, 4) is 28.3 Å². The van der Waals surface area contributed by atoms with Gasteiger partial charge in [0, 0.05) is 22.8 Å². The molecule has 0 radical (unpaired) electrons. The van der Waals surface area contributed by atoms with Crippen LogP contribution in [0.1, 0.15) is 17.2 Å². The maximum atomic E-state index is 14.1. The standard InChI is InChI=1S/C25H20F3N3O4/c26-25(27,28)23(19-4-2-1-3-18(19)17-9-10-34-13-17)35-22-12-21(30-14-31-22)16-7-5-15(6-8-16)11-20(29)24(32)33/h1-10,12-14,20,23H,11,29H2,(H,32,33)/t20-,23?/m0/s1. The SMILES string of the molecule is N[C@@H](Cc1ccc(-c2cc(OC(c3ccccc3-c3ccoc3)C(F)(F)F)ncn2)cc1)C(=O)O. The minimum atomic E-state index is -4.73. The number of aromatic nitrogens is 2. The summed E-state index contributed by atoms with van der Waals surface area (Å²) in [5, 5.41) is 8.95. The number of aliphatic carboxylic acids is 1. The Kier molecular flexibility index (Phi) is 6.83. The fourth-order valence-corrected chi connectivity index (χ4v) is 3.55. The van der Waals surface area contributed by atoms with Crippen LogP contribution in [0.4, 0.5) is 13.2 Å². The molecule has 0 spiro atoms. The lowest BCUT2D eigenvalue weighted by Gasteiger charge is -2.23. The first kappa shape index (κ1) is 24.0. The van der Waals surface area contributed by atoms with Crippen molar-refractivity contribution in [1.82, 2.24) is 9.97 Å². The Bertz CT molecular complexity index is 1290. The van der Waals surface area contributed by atoms with Gasteiger partial charge in [0.1, 0.15) is 12.4 Å². The van der Waals surface area contributed by atoms with Gasteiger partial charge in [0.15, 0.2) is 0 Å². The first-order valence-corrected chi connectivity index (χ1v) is 10.5. The van der Waals surface area contributed by atoms with Crippen molar-refractivity contribution in [3.63, 3.8) is 0 Å². The molecule has 180 valence electrons. The Morgan fingerprint density at radius 2 is 1.80 bits per heavy atom. The van der Waals surface area contributed by atoms with Crippen LogP contribution in [0.5, 0.6) is 5.88 Å². The molecule has 0 aliphatic carbocycles. The second-order valence-corrected chi connectivity index (χ2v) is 7.73. The van der Waals surface area contributed by atoms with Crippen LogP contribution in [-0.2, 0) is 11.2 Å². The second kappa shape index (κ2) is 9.98. The topological polar surface area (TPSA) is 111 Å². The van der Waals surface area contributed by atoms with E-state index in [1.165, 1.54) is 30.7 Å². The zero-order valence-corrected chi connectivity index (χ0v) is 18.1. The van der Waals surface area contributed by atoms with Crippen LogP contribution in [0, 0.1) is 0 Å². The highest BCUT2D eigenvalue weighted by Gasteiger charge is 2.44. The largest absolute Gasteiger partial charge is 0.480 e. The molecule has 2 heterocycles. The molecule has 35 heavy (non-hydrogen) atoms. The monoisotopic (exact) mass is 483 g/mol. The first-order valence-electron chi connectivity index (χ1n) is 10.5. The fraction of sp³-hybridized carbons (Fsp3) is 0.160. The van der Waals surface area contributed by atoms with Gasteiger partial charge in [-0.3, -0.25) is 4.79 Å². The minimum absolute atomic E-state index is 0.0827. The summed E-state index contributed by atoms with van der Waals surface area (Å²) in [7, 11) is 0. The maximum absolute atomic E-state index is 14.1. The molecule has 0 fully saturated rings. The first-order chi connectivity index (χ1) is 16.7. The van der Waals surface area contributed by atoms with Crippen LogP contribution >= 0.6 is 0 Å². The van der Waals surface area contributed by atoms with E-state index < -0.39 is 24.3 Å². The van der Waals surface area contributed by atoms with E-state index in [-0.39, 0.29) is 17.9 Å². The highest BCUT2D eigenvalue weighted by atomic mass is 19.4. The predicted octanol–water partition coefficient (Wildman–Crippen LogP) is 5.04. The van der Waals surface area contributed by atoms with Gasteiger partial charge in [0.05, 0.1) is 18.2 Å². The third kappa shape index (κ3) is 5.67. The summed E-state index contributed by atoms with van der Waals surface area (Å²) in [5.74, 6) is -1.36. The molecule has 1 unspecified atom stereocenters. The Labute approximate surface area is 198 Å². The van der Waals surface area contributed by atoms with Crippen LogP contribution in [0.25, 0.3) is 22.4 Å². The van der Waals surface area contributed by atoms with Crippen molar-refractivity contribution < 1.29 is 32.2 Å². The molecule has 10 heteroatoms. The molecule has 0 aliphatic rings. The van der Waals surface area contributed by atoms with E-state index in [2.05, 4.69) is 9.97 Å². The number of furan rings is 1. The average molecular weight is 483 g/mol. The Morgan fingerprint density at radius 1 is 1.06 bits per heavy atom. The van der Waals surface area contributed by atoms with Gasteiger partial charge < -0.3 is 20.0 Å². The number of alkyl halides is 3. The molecule has 0 amide bonds. The van der Waals surface area contributed by atoms with Crippen molar-refractivity contribution in [3.05, 3.63) is 90.6 Å². The molecule has 0 aliphatic heterocycles. The number of ether oxygens (including phenoxy) is 1. The van der Waals surface area contributed by atoms with Crippen molar-refractivity contribution in [1.29, 1.82) is 0 Å². The number of carboxylic acid groups (broad SMARTS) is 1. The molecule has 0 bridgehead atoms. The number of nitrogens with zero attached hydrogens (tertiary/aromatic N) is 2. The summed E-state index contributed by atoms with van der Waals surface area (Å²) >= 11 is 0. The molecular formula is C25H20F3N3O4. The third-order valence-electron chi connectivity index (χ3n) is 5.28. The van der Waals surface area contributed by atoms with Gasteiger partial charge in [-0.15, -0.1) is 0 Å². The van der Waals surface area contributed by atoms with Gasteiger partial charge in [0.25, 0.3) is 0 Å². The lowest BCUT2D eigenvalue weighted by Crippen LogP contribution is -2.32. The van der Waals surface area contributed by atoms with Gasteiger partial charge in [-0.05, 0) is 23.6 Å². The molecule has 0 saturated carbocycles. The van der Waals surface area contributed by atoms with E-state index in [1.54, 1.807) is 42.5 Å².